The molecule has 45 heavy (non-hydrogen) atoms. The number of rotatable bonds is 9. The molecule has 8 rings (SSSR count). The molecule has 0 N–H and O–H groups in total. The predicted octanol–water partition coefficient (Wildman–Crippen LogP) is 7.16. The Morgan fingerprint density at radius 1 is 1.04 bits per heavy atom. The molecular weight excluding hydrogens is 626 g/mol. The molecule has 2 aliphatic heterocycles. The normalized spacial score (nSPS) is 26.7. The number of para-hydroxylation sites is 2. The molecule has 5 heterocycles. The van der Waals surface area contributed by atoms with Crippen LogP contribution >= 0.6 is 22.9 Å². The van der Waals surface area contributed by atoms with E-state index in [0.717, 1.165) is 47.6 Å². The maximum absolute atomic E-state index is 13.8. The molecule has 234 valence electrons. The lowest BCUT2D eigenvalue weighted by Crippen LogP contribution is -2.45. The zero-order chi connectivity index (χ0) is 30.9. The van der Waals surface area contributed by atoms with Gasteiger partial charge in [0.05, 0.1) is 15.9 Å². The van der Waals surface area contributed by atoms with Crippen LogP contribution in [0.2, 0.25) is 5.02 Å². The molecule has 8 nitrogen and oxygen atoms in total. The number of piperidine rings is 1. The first-order valence-electron chi connectivity index (χ1n) is 15.7. The van der Waals surface area contributed by atoms with Crippen LogP contribution in [0.4, 0.5) is 0 Å². The van der Waals surface area contributed by atoms with Gasteiger partial charge in [0.15, 0.2) is 0 Å². The van der Waals surface area contributed by atoms with E-state index >= 15 is 0 Å². The number of imidazole rings is 1. The standard InChI is InChI=1S/C34H36ClN5O3S2/c1-22-36-29-8-3-4-9-31(29)40(22)28-17-26-10-11-27(18-28)39(26)20-24-19-34(24,23-6-5-7-25(35)16-23)21-38(2)45(41,42)33-13-12-32(44-33)30-14-15-43-37-30/h3-9,12-16,24,26-28H,10-11,17-21H2,1-2H3/t24-,26?,27?,28?,34+/m0/s1. The second-order valence-corrected chi connectivity index (χ2v) is 16.8. The smallest absolute Gasteiger partial charge is 0.252 e. The Kier molecular flexibility index (Phi) is 7.22. The summed E-state index contributed by atoms with van der Waals surface area (Å²) in [6.07, 6.45) is 7.10. The molecule has 2 aromatic carbocycles. The minimum absolute atomic E-state index is 0.285. The molecule has 3 fully saturated rings. The minimum atomic E-state index is -3.70. The number of fused-ring (bicyclic) bond motifs is 3. The number of aryl methyl sites for hydroxylation is 1. The monoisotopic (exact) mass is 661 g/mol. The number of hydrogen-bond acceptors (Lipinski definition) is 7. The number of hydrogen-bond donors (Lipinski definition) is 0. The third kappa shape index (κ3) is 5.06. The molecule has 5 aromatic rings. The third-order valence-corrected chi connectivity index (χ3v) is 14.1. The number of sulfonamides is 1. The fourth-order valence-electron chi connectivity index (χ4n) is 8.26. The molecule has 0 radical (unpaired) electrons. The van der Waals surface area contributed by atoms with Crippen molar-refractivity contribution in [2.24, 2.45) is 5.92 Å². The summed E-state index contributed by atoms with van der Waals surface area (Å²) in [7, 11) is -1.99. The van der Waals surface area contributed by atoms with Gasteiger partial charge in [-0.2, -0.15) is 4.31 Å². The Labute approximate surface area is 272 Å². The van der Waals surface area contributed by atoms with E-state index in [1.165, 1.54) is 36.0 Å². The van der Waals surface area contributed by atoms with Crippen LogP contribution in [0, 0.1) is 12.8 Å². The summed E-state index contributed by atoms with van der Waals surface area (Å²) in [4.78, 5) is 8.37. The van der Waals surface area contributed by atoms with E-state index in [2.05, 4.69) is 51.9 Å². The SMILES string of the molecule is Cc1nc2ccccc2n1C1CC2CCC(C1)N2C[C@@H]1C[C@@]1(CN(C)S(=O)(=O)c1ccc(-c2ccon2)s1)c1cccc(Cl)c1. The lowest BCUT2D eigenvalue weighted by atomic mass is 9.91. The summed E-state index contributed by atoms with van der Waals surface area (Å²) in [6, 6.07) is 23.2. The molecule has 0 amide bonds. The molecule has 2 bridgehead atoms. The summed E-state index contributed by atoms with van der Waals surface area (Å²) in [5.41, 5.74) is 3.78. The van der Waals surface area contributed by atoms with E-state index in [0.29, 0.717) is 45.5 Å². The Morgan fingerprint density at radius 2 is 1.84 bits per heavy atom. The van der Waals surface area contributed by atoms with E-state index in [9.17, 15) is 8.42 Å². The van der Waals surface area contributed by atoms with Crippen LogP contribution in [0.25, 0.3) is 21.6 Å². The van der Waals surface area contributed by atoms with Crippen molar-refractivity contribution in [2.45, 2.75) is 66.8 Å². The minimum Gasteiger partial charge on any atom is -0.364 e. The Hall–Kier alpha value is -3.02. The van der Waals surface area contributed by atoms with Crippen molar-refractivity contribution in [1.29, 1.82) is 0 Å². The summed E-state index contributed by atoms with van der Waals surface area (Å²) in [6.45, 7) is 3.51. The first-order chi connectivity index (χ1) is 21.7. The Balaban J connectivity index is 1.03. The van der Waals surface area contributed by atoms with Crippen molar-refractivity contribution in [3.8, 4) is 10.6 Å². The quantitative estimate of drug-likeness (QED) is 0.167. The lowest BCUT2D eigenvalue weighted by Gasteiger charge is -2.40. The fourth-order valence-corrected chi connectivity index (χ4v) is 11.2. The maximum atomic E-state index is 13.8. The highest BCUT2D eigenvalue weighted by Crippen LogP contribution is 2.57. The lowest BCUT2D eigenvalue weighted by molar-refractivity contribution is 0.0989. The highest BCUT2D eigenvalue weighted by atomic mass is 35.5. The maximum Gasteiger partial charge on any atom is 0.252 e. The van der Waals surface area contributed by atoms with Gasteiger partial charge in [-0.15, -0.1) is 11.3 Å². The Morgan fingerprint density at radius 3 is 2.60 bits per heavy atom. The van der Waals surface area contributed by atoms with Crippen molar-refractivity contribution in [1.82, 2.24) is 23.9 Å². The van der Waals surface area contributed by atoms with Crippen molar-refractivity contribution in [3.63, 3.8) is 0 Å². The van der Waals surface area contributed by atoms with E-state index in [1.807, 2.05) is 18.2 Å². The zero-order valence-corrected chi connectivity index (χ0v) is 27.7. The number of likely N-dealkylation sites (N-methyl/N-ethyl adjacent to an activating group) is 1. The first-order valence-corrected chi connectivity index (χ1v) is 18.3. The average molecular weight is 662 g/mol. The molecule has 4 atom stereocenters. The van der Waals surface area contributed by atoms with E-state index in [1.54, 1.807) is 29.6 Å². The van der Waals surface area contributed by atoms with Gasteiger partial charge in [-0.1, -0.05) is 41.0 Å². The van der Waals surface area contributed by atoms with Crippen molar-refractivity contribution in [2.75, 3.05) is 20.1 Å². The van der Waals surface area contributed by atoms with Gasteiger partial charge < -0.3 is 9.09 Å². The van der Waals surface area contributed by atoms with Crippen LogP contribution in [-0.2, 0) is 15.4 Å². The summed E-state index contributed by atoms with van der Waals surface area (Å²) in [5, 5.41) is 4.65. The van der Waals surface area contributed by atoms with Gasteiger partial charge in [0, 0.05) is 54.8 Å². The average Bonchev–Trinajstić information content (AvgIpc) is 3.53. The van der Waals surface area contributed by atoms with Gasteiger partial charge in [-0.25, -0.2) is 13.4 Å². The molecule has 1 saturated carbocycles. The molecule has 3 aliphatic rings. The van der Waals surface area contributed by atoms with Gasteiger partial charge in [0.1, 0.15) is 22.0 Å². The highest BCUT2D eigenvalue weighted by Gasteiger charge is 2.58. The first kappa shape index (κ1) is 29.4. The number of halogens is 1. The summed E-state index contributed by atoms with van der Waals surface area (Å²) >= 11 is 7.73. The number of aromatic nitrogens is 3. The van der Waals surface area contributed by atoms with E-state index in [4.69, 9.17) is 21.1 Å². The van der Waals surface area contributed by atoms with Crippen LogP contribution in [-0.4, -0.2) is 64.6 Å². The molecule has 1 aliphatic carbocycles. The molecule has 11 heteroatoms. The molecule has 0 spiro atoms. The van der Waals surface area contributed by atoms with Crippen molar-refractivity contribution in [3.05, 3.63) is 89.4 Å². The molecule has 3 aromatic heterocycles. The predicted molar refractivity (Wildman–Crippen MR) is 177 cm³/mol. The van der Waals surface area contributed by atoms with Crippen LogP contribution in [0.1, 0.15) is 49.5 Å². The second-order valence-electron chi connectivity index (χ2n) is 13.1. The van der Waals surface area contributed by atoms with E-state index in [-0.39, 0.29) is 5.41 Å². The summed E-state index contributed by atoms with van der Waals surface area (Å²) < 4.78 is 37.0. The topological polar surface area (TPSA) is 84.5 Å². The second kappa shape index (κ2) is 11.1. The Bertz CT molecular complexity index is 1960. The molecular formula is C34H36ClN5O3S2. The fraction of sp³-hybridized carbons (Fsp3) is 0.412. The summed E-state index contributed by atoms with van der Waals surface area (Å²) in [5.74, 6) is 1.44. The van der Waals surface area contributed by atoms with Crippen LogP contribution < -0.4 is 0 Å². The van der Waals surface area contributed by atoms with Crippen LogP contribution in [0.15, 0.2) is 81.7 Å². The van der Waals surface area contributed by atoms with Crippen molar-refractivity contribution >= 4 is 44.0 Å². The van der Waals surface area contributed by atoms with Crippen LogP contribution in [0.3, 0.4) is 0 Å². The van der Waals surface area contributed by atoms with Gasteiger partial charge >= 0.3 is 0 Å². The largest absolute Gasteiger partial charge is 0.364 e. The number of thiophene rings is 1. The van der Waals surface area contributed by atoms with Gasteiger partial charge in [0.2, 0.25) is 0 Å². The molecule has 2 saturated heterocycles. The van der Waals surface area contributed by atoms with E-state index < -0.39 is 10.0 Å². The zero-order valence-electron chi connectivity index (χ0n) is 25.3. The van der Waals surface area contributed by atoms with Crippen LogP contribution in [0.5, 0.6) is 0 Å². The molecule has 2 unspecified atom stereocenters. The number of benzene rings is 2. The third-order valence-electron chi connectivity index (χ3n) is 10.5. The van der Waals surface area contributed by atoms with Gasteiger partial charge in [-0.3, -0.25) is 4.90 Å². The highest BCUT2D eigenvalue weighted by molar-refractivity contribution is 7.91. The van der Waals surface area contributed by atoms with Crippen molar-refractivity contribution < 1.29 is 12.9 Å². The van der Waals surface area contributed by atoms with Gasteiger partial charge in [0.25, 0.3) is 10.0 Å². The van der Waals surface area contributed by atoms with Gasteiger partial charge in [-0.05, 0) is 86.9 Å². The number of nitrogens with zero attached hydrogens (tertiary/aromatic N) is 5.